The van der Waals surface area contributed by atoms with Crippen LogP contribution in [-0.2, 0) is 4.74 Å². The van der Waals surface area contributed by atoms with Crippen LogP contribution in [0.5, 0.6) is 0 Å². The number of hydrogen-bond acceptors (Lipinski definition) is 3. The van der Waals surface area contributed by atoms with Crippen LogP contribution in [0.4, 0.5) is 0 Å². The molecular weight excluding hydrogens is 154 g/mol. The van der Waals surface area contributed by atoms with Crippen LogP contribution in [0.1, 0.15) is 26.7 Å². The van der Waals surface area contributed by atoms with E-state index in [0.29, 0.717) is 18.6 Å². The van der Waals surface area contributed by atoms with Crippen molar-refractivity contribution in [2.24, 2.45) is 11.1 Å². The van der Waals surface area contributed by atoms with Gasteiger partial charge < -0.3 is 15.6 Å². The molecule has 0 spiro atoms. The smallest absolute Gasteiger partial charge is 0.129 e. The summed E-state index contributed by atoms with van der Waals surface area (Å²) in [4.78, 5) is 0. The molecule has 1 saturated heterocycles. The van der Waals surface area contributed by atoms with Crippen LogP contribution in [0, 0.1) is 5.41 Å². The van der Waals surface area contributed by atoms with Crippen molar-refractivity contribution in [3.63, 3.8) is 0 Å². The lowest BCUT2D eigenvalue weighted by Gasteiger charge is -2.61. The van der Waals surface area contributed by atoms with E-state index in [1.54, 1.807) is 0 Å². The number of nitrogens with two attached hydrogens (primary N) is 1. The highest BCUT2D eigenvalue weighted by molar-refractivity contribution is 5.17. The predicted molar refractivity (Wildman–Crippen MR) is 45.7 cm³/mol. The topological polar surface area (TPSA) is 55.5 Å². The first-order valence-electron chi connectivity index (χ1n) is 4.46. The number of rotatable bonds is 1. The Bertz CT molecular complexity index is 201. The summed E-state index contributed by atoms with van der Waals surface area (Å²) in [5.74, 6) is 0. The average molecular weight is 171 g/mol. The van der Waals surface area contributed by atoms with Crippen molar-refractivity contribution in [3.05, 3.63) is 0 Å². The zero-order valence-electron chi connectivity index (χ0n) is 7.76. The van der Waals surface area contributed by atoms with E-state index in [1.165, 1.54) is 0 Å². The number of aliphatic hydroxyl groups is 1. The molecule has 0 bridgehead atoms. The maximum atomic E-state index is 9.97. The van der Waals surface area contributed by atoms with Gasteiger partial charge in [0.25, 0.3) is 0 Å². The molecule has 2 aliphatic rings. The monoisotopic (exact) mass is 171 g/mol. The third-order valence-corrected chi connectivity index (χ3v) is 3.20. The quantitative estimate of drug-likeness (QED) is 0.595. The summed E-state index contributed by atoms with van der Waals surface area (Å²) in [5.41, 5.74) is 5.28. The molecule has 1 aliphatic heterocycles. The van der Waals surface area contributed by atoms with Gasteiger partial charge in [-0.3, -0.25) is 0 Å². The first-order chi connectivity index (χ1) is 5.37. The molecule has 0 amide bonds. The molecule has 1 heterocycles. The molecule has 70 valence electrons. The lowest BCUT2D eigenvalue weighted by Crippen LogP contribution is -2.76. The van der Waals surface area contributed by atoms with Crippen molar-refractivity contribution in [3.8, 4) is 0 Å². The SMILES string of the molecule is CC1(C)CC(N)(C2(O)COC2)C1. The summed E-state index contributed by atoms with van der Waals surface area (Å²) < 4.78 is 5.00. The second-order valence-corrected chi connectivity index (χ2v) is 5.20. The Morgan fingerprint density at radius 1 is 1.25 bits per heavy atom. The molecule has 1 aliphatic carbocycles. The predicted octanol–water partition coefficient (Wildman–Crippen LogP) is 0.265. The van der Waals surface area contributed by atoms with E-state index in [-0.39, 0.29) is 5.54 Å². The molecule has 0 atom stereocenters. The van der Waals surface area contributed by atoms with E-state index >= 15 is 0 Å². The van der Waals surface area contributed by atoms with Crippen molar-refractivity contribution in [2.75, 3.05) is 13.2 Å². The van der Waals surface area contributed by atoms with E-state index in [4.69, 9.17) is 10.5 Å². The van der Waals surface area contributed by atoms with Gasteiger partial charge in [0, 0.05) is 0 Å². The summed E-state index contributed by atoms with van der Waals surface area (Å²) in [6, 6.07) is 0. The Hall–Kier alpha value is -0.120. The third kappa shape index (κ3) is 0.934. The van der Waals surface area contributed by atoms with Crippen LogP contribution in [-0.4, -0.2) is 29.5 Å². The van der Waals surface area contributed by atoms with E-state index in [2.05, 4.69) is 13.8 Å². The average Bonchev–Trinajstić information content (AvgIpc) is 1.77. The lowest BCUT2D eigenvalue weighted by atomic mass is 9.53. The highest BCUT2D eigenvalue weighted by Gasteiger charge is 2.61. The van der Waals surface area contributed by atoms with Gasteiger partial charge in [0.05, 0.1) is 18.8 Å². The summed E-state index contributed by atoms with van der Waals surface area (Å²) in [5, 5.41) is 9.97. The van der Waals surface area contributed by atoms with Gasteiger partial charge in [0.15, 0.2) is 0 Å². The minimum absolute atomic E-state index is 0.306. The maximum Gasteiger partial charge on any atom is 0.129 e. The summed E-state index contributed by atoms with van der Waals surface area (Å²) >= 11 is 0. The summed E-state index contributed by atoms with van der Waals surface area (Å²) in [6.07, 6.45) is 1.81. The molecule has 2 fully saturated rings. The van der Waals surface area contributed by atoms with E-state index in [1.807, 2.05) is 0 Å². The minimum atomic E-state index is -0.734. The Morgan fingerprint density at radius 3 is 2.00 bits per heavy atom. The molecule has 3 nitrogen and oxygen atoms in total. The molecule has 3 N–H and O–H groups in total. The van der Waals surface area contributed by atoms with Gasteiger partial charge in [-0.1, -0.05) is 13.8 Å². The first-order valence-corrected chi connectivity index (χ1v) is 4.46. The van der Waals surface area contributed by atoms with Crippen LogP contribution in [0.15, 0.2) is 0 Å². The minimum Gasteiger partial charge on any atom is -0.383 e. The molecule has 3 heteroatoms. The highest BCUT2D eigenvalue weighted by Crippen LogP contribution is 2.52. The van der Waals surface area contributed by atoms with Crippen LogP contribution in [0.3, 0.4) is 0 Å². The molecule has 0 aromatic heterocycles. The summed E-state index contributed by atoms with van der Waals surface area (Å²) in [7, 11) is 0. The van der Waals surface area contributed by atoms with Gasteiger partial charge in [-0.05, 0) is 18.3 Å². The van der Waals surface area contributed by atoms with Crippen LogP contribution in [0.2, 0.25) is 0 Å². The Labute approximate surface area is 72.9 Å². The van der Waals surface area contributed by atoms with Gasteiger partial charge >= 0.3 is 0 Å². The van der Waals surface area contributed by atoms with E-state index in [9.17, 15) is 5.11 Å². The number of hydrogen-bond donors (Lipinski definition) is 2. The van der Waals surface area contributed by atoms with Gasteiger partial charge in [0.1, 0.15) is 5.60 Å². The van der Waals surface area contributed by atoms with Gasteiger partial charge in [-0.15, -0.1) is 0 Å². The van der Waals surface area contributed by atoms with Crippen molar-refractivity contribution >= 4 is 0 Å². The molecule has 0 aromatic carbocycles. The maximum absolute atomic E-state index is 9.97. The Kier molecular flexibility index (Phi) is 1.43. The fourth-order valence-electron chi connectivity index (χ4n) is 2.57. The Balaban J connectivity index is 2.06. The third-order valence-electron chi connectivity index (χ3n) is 3.20. The first kappa shape index (κ1) is 8.48. The largest absolute Gasteiger partial charge is 0.383 e. The Morgan fingerprint density at radius 2 is 1.75 bits per heavy atom. The van der Waals surface area contributed by atoms with E-state index in [0.717, 1.165) is 12.8 Å². The molecule has 12 heavy (non-hydrogen) atoms. The van der Waals surface area contributed by atoms with Gasteiger partial charge in [0.2, 0.25) is 0 Å². The molecule has 0 radical (unpaired) electrons. The van der Waals surface area contributed by atoms with Crippen molar-refractivity contribution in [1.82, 2.24) is 0 Å². The fourth-order valence-corrected chi connectivity index (χ4v) is 2.57. The van der Waals surface area contributed by atoms with E-state index < -0.39 is 5.60 Å². The van der Waals surface area contributed by atoms with Crippen LogP contribution < -0.4 is 5.73 Å². The highest BCUT2D eigenvalue weighted by atomic mass is 16.5. The van der Waals surface area contributed by atoms with Crippen molar-refractivity contribution < 1.29 is 9.84 Å². The van der Waals surface area contributed by atoms with Crippen LogP contribution in [0.25, 0.3) is 0 Å². The molecular formula is C9H17NO2. The molecule has 1 saturated carbocycles. The lowest BCUT2D eigenvalue weighted by molar-refractivity contribution is -0.245. The standard InChI is InChI=1S/C9H17NO2/c1-7(2)3-8(10,4-7)9(11)5-12-6-9/h11H,3-6,10H2,1-2H3. The van der Waals surface area contributed by atoms with Gasteiger partial charge in [-0.2, -0.15) is 0 Å². The molecule has 0 unspecified atom stereocenters. The second kappa shape index (κ2) is 2.03. The van der Waals surface area contributed by atoms with Crippen LogP contribution >= 0.6 is 0 Å². The molecule has 0 aromatic rings. The summed E-state index contributed by atoms with van der Waals surface area (Å²) in [6.45, 7) is 5.20. The molecule has 2 rings (SSSR count). The second-order valence-electron chi connectivity index (χ2n) is 5.20. The zero-order chi connectivity index (χ0) is 9.04. The van der Waals surface area contributed by atoms with Gasteiger partial charge in [-0.25, -0.2) is 0 Å². The number of ether oxygens (including phenoxy) is 1. The van der Waals surface area contributed by atoms with Crippen molar-refractivity contribution in [2.45, 2.75) is 37.8 Å². The van der Waals surface area contributed by atoms with Crippen molar-refractivity contribution in [1.29, 1.82) is 0 Å². The normalized spacial score (nSPS) is 35.0. The fraction of sp³-hybridized carbons (Fsp3) is 1.00. The zero-order valence-corrected chi connectivity index (χ0v) is 7.76.